The fourth-order valence-electron chi connectivity index (χ4n) is 2.09. The molecule has 0 aliphatic carbocycles. The Kier molecular flexibility index (Phi) is 8.32. The summed E-state index contributed by atoms with van der Waals surface area (Å²) in [6, 6.07) is 7.92. The normalized spacial score (nSPS) is 12.6. The molecule has 2 heteroatoms. The zero-order chi connectivity index (χ0) is 14.8. The number of unbranched alkanes of at least 4 members (excludes halogenated alkanes) is 2. The molecule has 0 unspecified atom stereocenters. The molecule has 0 N–H and O–H groups in total. The molecule has 0 saturated carbocycles. The summed E-state index contributed by atoms with van der Waals surface area (Å²) in [7, 11) is 4.24. The zero-order valence-corrected chi connectivity index (χ0v) is 13.7. The standard InChI is InChI=1S/C18H26ClN/c1-4-5-6-8-17(15-20(2)3)10-7-9-16-11-13-18(19)14-12-16/h7,9-14H,4-6,8,15H2,1-3H3/b9-7-,17-10-. The minimum atomic E-state index is 0.783. The van der Waals surface area contributed by atoms with E-state index >= 15 is 0 Å². The molecule has 110 valence electrons. The summed E-state index contributed by atoms with van der Waals surface area (Å²) in [4.78, 5) is 2.23. The van der Waals surface area contributed by atoms with E-state index in [0.29, 0.717) is 0 Å². The lowest BCUT2D eigenvalue weighted by Crippen LogP contribution is -2.15. The lowest BCUT2D eigenvalue weighted by Gasteiger charge is -2.12. The van der Waals surface area contributed by atoms with E-state index in [1.165, 1.54) is 36.8 Å². The second-order valence-electron chi connectivity index (χ2n) is 5.43. The van der Waals surface area contributed by atoms with Crippen LogP contribution >= 0.6 is 11.6 Å². The molecule has 0 saturated heterocycles. The van der Waals surface area contributed by atoms with E-state index in [1.54, 1.807) is 0 Å². The molecule has 0 heterocycles. The molecule has 1 rings (SSSR count). The van der Waals surface area contributed by atoms with Crippen molar-refractivity contribution in [2.75, 3.05) is 20.6 Å². The molecule has 1 aromatic rings. The molecule has 0 atom stereocenters. The summed E-state index contributed by atoms with van der Waals surface area (Å²) in [6.45, 7) is 3.28. The number of allylic oxidation sites excluding steroid dienone is 2. The average Bonchev–Trinajstić information content (AvgIpc) is 2.40. The zero-order valence-electron chi connectivity index (χ0n) is 12.9. The first kappa shape index (κ1) is 17.0. The maximum Gasteiger partial charge on any atom is 0.0406 e. The van der Waals surface area contributed by atoms with Crippen LogP contribution in [0, 0.1) is 0 Å². The predicted octanol–water partition coefficient (Wildman–Crippen LogP) is 5.42. The largest absolute Gasteiger partial charge is 0.305 e. The topological polar surface area (TPSA) is 3.24 Å². The van der Waals surface area contributed by atoms with Gasteiger partial charge in [0, 0.05) is 11.6 Å². The van der Waals surface area contributed by atoms with E-state index in [0.717, 1.165) is 11.6 Å². The highest BCUT2D eigenvalue weighted by Gasteiger charge is 1.98. The number of hydrogen-bond acceptors (Lipinski definition) is 1. The lowest BCUT2D eigenvalue weighted by atomic mass is 10.1. The molecule has 0 amide bonds. The average molecular weight is 292 g/mol. The van der Waals surface area contributed by atoms with Crippen LogP contribution in [0.1, 0.15) is 38.2 Å². The Morgan fingerprint density at radius 3 is 2.45 bits per heavy atom. The van der Waals surface area contributed by atoms with Gasteiger partial charge in [-0.25, -0.2) is 0 Å². The van der Waals surface area contributed by atoms with Crippen LogP contribution in [0.2, 0.25) is 5.02 Å². The van der Waals surface area contributed by atoms with Gasteiger partial charge in [0.15, 0.2) is 0 Å². The molecule has 0 fully saturated rings. The van der Waals surface area contributed by atoms with Crippen LogP contribution in [0.5, 0.6) is 0 Å². The second-order valence-corrected chi connectivity index (χ2v) is 5.87. The third kappa shape index (κ3) is 7.52. The van der Waals surface area contributed by atoms with Crippen molar-refractivity contribution >= 4 is 17.7 Å². The first-order chi connectivity index (χ1) is 9.61. The van der Waals surface area contributed by atoms with Crippen molar-refractivity contribution in [2.45, 2.75) is 32.6 Å². The Balaban J connectivity index is 2.61. The summed E-state index contributed by atoms with van der Waals surface area (Å²) in [5.74, 6) is 0. The number of benzene rings is 1. The summed E-state index contributed by atoms with van der Waals surface area (Å²) in [5, 5.41) is 0.783. The van der Waals surface area contributed by atoms with E-state index < -0.39 is 0 Å². The van der Waals surface area contributed by atoms with E-state index in [9.17, 15) is 0 Å². The highest BCUT2D eigenvalue weighted by molar-refractivity contribution is 6.30. The first-order valence-corrected chi connectivity index (χ1v) is 7.76. The second kappa shape index (κ2) is 9.79. The Labute approximate surface area is 128 Å². The highest BCUT2D eigenvalue weighted by atomic mass is 35.5. The molecule has 1 aromatic carbocycles. The van der Waals surface area contributed by atoms with Crippen molar-refractivity contribution in [2.24, 2.45) is 0 Å². The van der Waals surface area contributed by atoms with Crippen molar-refractivity contribution in [3.05, 3.63) is 52.6 Å². The van der Waals surface area contributed by atoms with Crippen molar-refractivity contribution in [3.63, 3.8) is 0 Å². The number of halogens is 1. The minimum Gasteiger partial charge on any atom is -0.305 e. The predicted molar refractivity (Wildman–Crippen MR) is 91.3 cm³/mol. The van der Waals surface area contributed by atoms with Crippen molar-refractivity contribution in [1.29, 1.82) is 0 Å². The van der Waals surface area contributed by atoms with E-state index in [2.05, 4.69) is 44.1 Å². The van der Waals surface area contributed by atoms with Gasteiger partial charge in [0.2, 0.25) is 0 Å². The van der Waals surface area contributed by atoms with Gasteiger partial charge < -0.3 is 4.90 Å². The Morgan fingerprint density at radius 1 is 1.15 bits per heavy atom. The van der Waals surface area contributed by atoms with E-state index in [-0.39, 0.29) is 0 Å². The molecule has 0 spiro atoms. The van der Waals surface area contributed by atoms with Gasteiger partial charge in [0.1, 0.15) is 0 Å². The minimum absolute atomic E-state index is 0.783. The summed E-state index contributed by atoms with van der Waals surface area (Å²) in [5.41, 5.74) is 2.68. The van der Waals surface area contributed by atoms with Gasteiger partial charge in [0.25, 0.3) is 0 Å². The summed E-state index contributed by atoms with van der Waals surface area (Å²) in [6.07, 6.45) is 11.6. The quantitative estimate of drug-likeness (QED) is 0.456. The van der Waals surface area contributed by atoms with E-state index in [4.69, 9.17) is 11.6 Å². The van der Waals surface area contributed by atoms with Gasteiger partial charge in [-0.1, -0.05) is 67.3 Å². The Hall–Kier alpha value is -1.05. The third-order valence-electron chi connectivity index (χ3n) is 3.11. The van der Waals surface area contributed by atoms with Gasteiger partial charge >= 0.3 is 0 Å². The fraction of sp³-hybridized carbons (Fsp3) is 0.444. The van der Waals surface area contributed by atoms with Gasteiger partial charge in [-0.05, 0) is 44.6 Å². The van der Waals surface area contributed by atoms with Gasteiger partial charge in [0.05, 0.1) is 0 Å². The van der Waals surface area contributed by atoms with Crippen LogP contribution in [-0.4, -0.2) is 25.5 Å². The molecule has 0 radical (unpaired) electrons. The molecule has 0 aromatic heterocycles. The smallest absolute Gasteiger partial charge is 0.0406 e. The molecule has 0 aliphatic rings. The molecule has 1 nitrogen and oxygen atoms in total. The highest BCUT2D eigenvalue weighted by Crippen LogP contribution is 2.13. The molecular weight excluding hydrogens is 266 g/mol. The van der Waals surface area contributed by atoms with Crippen LogP contribution in [0.15, 0.2) is 42.0 Å². The molecular formula is C18H26ClN. The lowest BCUT2D eigenvalue weighted by molar-refractivity contribution is 0.437. The molecule has 20 heavy (non-hydrogen) atoms. The van der Waals surface area contributed by atoms with Gasteiger partial charge in [-0.15, -0.1) is 0 Å². The monoisotopic (exact) mass is 291 g/mol. The Morgan fingerprint density at radius 2 is 1.85 bits per heavy atom. The van der Waals surface area contributed by atoms with Crippen LogP contribution < -0.4 is 0 Å². The van der Waals surface area contributed by atoms with Crippen LogP contribution in [0.4, 0.5) is 0 Å². The van der Waals surface area contributed by atoms with Crippen LogP contribution in [-0.2, 0) is 0 Å². The summed E-state index contributed by atoms with van der Waals surface area (Å²) < 4.78 is 0. The summed E-state index contributed by atoms with van der Waals surface area (Å²) >= 11 is 5.88. The van der Waals surface area contributed by atoms with Crippen molar-refractivity contribution in [3.8, 4) is 0 Å². The van der Waals surface area contributed by atoms with E-state index in [1.807, 2.05) is 24.3 Å². The number of likely N-dealkylation sites (N-methyl/N-ethyl adjacent to an activating group) is 1. The number of nitrogens with zero attached hydrogens (tertiary/aromatic N) is 1. The van der Waals surface area contributed by atoms with Gasteiger partial charge in [-0.2, -0.15) is 0 Å². The Bertz CT molecular complexity index is 429. The maximum absolute atomic E-state index is 5.88. The SMILES string of the molecule is CCCCC/C(=C/C=C\c1ccc(Cl)cc1)CN(C)C. The number of hydrogen-bond donors (Lipinski definition) is 0. The first-order valence-electron chi connectivity index (χ1n) is 7.38. The van der Waals surface area contributed by atoms with Crippen molar-refractivity contribution < 1.29 is 0 Å². The maximum atomic E-state index is 5.88. The van der Waals surface area contributed by atoms with Crippen LogP contribution in [0.25, 0.3) is 6.08 Å². The van der Waals surface area contributed by atoms with Gasteiger partial charge in [-0.3, -0.25) is 0 Å². The van der Waals surface area contributed by atoms with Crippen LogP contribution in [0.3, 0.4) is 0 Å². The third-order valence-corrected chi connectivity index (χ3v) is 3.36. The molecule has 0 bridgehead atoms. The molecule has 0 aliphatic heterocycles. The van der Waals surface area contributed by atoms with Crippen molar-refractivity contribution in [1.82, 2.24) is 4.90 Å². The number of rotatable bonds is 8. The fourth-order valence-corrected chi connectivity index (χ4v) is 2.22.